The molecule has 0 unspecified atom stereocenters. The van der Waals surface area contributed by atoms with Crippen LogP contribution in [0.5, 0.6) is 0 Å². The third-order valence-corrected chi connectivity index (χ3v) is 13.0. The number of nitrogens with zero attached hydrogens (tertiary/aromatic N) is 2. The molecule has 0 aliphatic carbocycles. The Morgan fingerprint density at radius 2 is 1.16 bits per heavy atom. The lowest BCUT2D eigenvalue weighted by molar-refractivity contribution is -0.116. The van der Waals surface area contributed by atoms with E-state index in [1.54, 1.807) is 60.7 Å². The number of rotatable bonds is 12. The average molecular weight is 809 g/mol. The normalized spacial score (nSPS) is 13.6. The van der Waals surface area contributed by atoms with Crippen LogP contribution in [-0.4, -0.2) is 56.9 Å². The van der Waals surface area contributed by atoms with Gasteiger partial charge in [0.15, 0.2) is 31.5 Å². The van der Waals surface area contributed by atoms with Crippen molar-refractivity contribution < 1.29 is 49.8 Å². The van der Waals surface area contributed by atoms with Crippen LogP contribution in [0.4, 0.5) is 5.69 Å². The summed E-state index contributed by atoms with van der Waals surface area (Å²) >= 11 is 0. The lowest BCUT2D eigenvalue weighted by atomic mass is 9.79. The van der Waals surface area contributed by atoms with E-state index in [2.05, 4.69) is 9.97 Å². The van der Waals surface area contributed by atoms with Gasteiger partial charge in [0.1, 0.15) is 18.3 Å². The lowest BCUT2D eigenvalue weighted by Gasteiger charge is -2.12. The second kappa shape index (κ2) is 16.6. The first kappa shape index (κ1) is 39.9. The summed E-state index contributed by atoms with van der Waals surface area (Å²) in [7, 11) is -9.40. The van der Waals surface area contributed by atoms with E-state index in [9.17, 15) is 31.7 Å². The monoisotopic (exact) mass is 809 g/mol. The predicted octanol–water partition coefficient (Wildman–Crippen LogP) is 2.63. The van der Waals surface area contributed by atoms with Gasteiger partial charge in [-0.2, -0.15) is 0 Å². The number of sulfone groups is 2. The average Bonchev–Trinajstić information content (AvgIpc) is 3.99. The molecule has 4 aromatic carbocycles. The number of anilines is 1. The van der Waals surface area contributed by atoms with Crippen LogP contribution in [0.15, 0.2) is 116 Å². The maximum Gasteiger partial charge on any atom is 0.491 e. The molecule has 0 saturated carbocycles. The quantitative estimate of drug-likeness (QED) is 0.120. The van der Waals surface area contributed by atoms with E-state index in [1.165, 1.54) is 44.0 Å². The summed E-state index contributed by atoms with van der Waals surface area (Å²) in [6.07, 6.45) is 6.53. The third-order valence-electron chi connectivity index (χ3n) is 9.44. The molecule has 2 aliphatic heterocycles. The van der Waals surface area contributed by atoms with Crippen LogP contribution >= 0.6 is 0 Å². The molecule has 292 valence electrons. The Bertz CT molecular complexity index is 2640. The van der Waals surface area contributed by atoms with Gasteiger partial charge >= 0.3 is 14.2 Å². The zero-order chi connectivity index (χ0) is 40.3. The number of hydrogen-bond donors (Lipinski definition) is 3. The van der Waals surface area contributed by atoms with Crippen molar-refractivity contribution >= 4 is 56.3 Å². The first-order valence-corrected chi connectivity index (χ1v) is 21.1. The van der Waals surface area contributed by atoms with Crippen LogP contribution in [0.3, 0.4) is 0 Å². The molecule has 0 bridgehead atoms. The van der Waals surface area contributed by atoms with Crippen LogP contribution in [-0.2, 0) is 77.8 Å². The second-order valence-electron chi connectivity index (χ2n) is 13.8. The zero-order valence-electron chi connectivity index (χ0n) is 30.7. The molecule has 0 atom stereocenters. The number of nitrogens with two attached hydrogens (primary N) is 1. The van der Waals surface area contributed by atoms with Crippen molar-refractivity contribution in [1.29, 1.82) is 0 Å². The molecule has 4 heterocycles. The molecule has 18 heteroatoms. The van der Waals surface area contributed by atoms with Gasteiger partial charge in [0.2, 0.25) is 0 Å². The number of fused-ring (bicyclic) bond motifs is 2. The fourth-order valence-electron chi connectivity index (χ4n) is 6.82. The molecule has 4 N–H and O–H groups in total. The molecule has 0 fully saturated rings. The number of oxazole rings is 2. The summed E-state index contributed by atoms with van der Waals surface area (Å²) in [6.45, 7) is 2.12. The van der Waals surface area contributed by atoms with E-state index in [1.807, 2.05) is 0 Å². The molecule has 0 radical (unpaired) electrons. The SMILES string of the molecule is CC(=O)Cc1ccc(S(=O)(=O)Cc2ccc3c(c2)B(O)OC3)c(Cc2ncco2)c1.Nc1ccc(S(=O)(=O)Cc2ccc3c(c2)B(O)OC3)c(Cc2ncco2)c1. The molecule has 0 amide bonds. The Kier molecular flexibility index (Phi) is 11.6. The summed E-state index contributed by atoms with van der Waals surface area (Å²) in [5.74, 6) is 0.373. The molecule has 57 heavy (non-hydrogen) atoms. The Balaban J connectivity index is 0.000000175. The highest BCUT2D eigenvalue weighted by atomic mass is 32.2. The van der Waals surface area contributed by atoms with Crippen molar-refractivity contribution in [3.63, 3.8) is 0 Å². The topological polar surface area (TPSA) is 222 Å². The molecule has 2 aliphatic rings. The first-order chi connectivity index (χ1) is 27.2. The first-order valence-electron chi connectivity index (χ1n) is 17.8. The molecule has 2 aromatic heterocycles. The minimum Gasteiger partial charge on any atom is -0.449 e. The summed E-state index contributed by atoms with van der Waals surface area (Å²) in [5, 5.41) is 19.7. The summed E-state index contributed by atoms with van der Waals surface area (Å²) in [6, 6.07) is 20.0. The molecule has 0 saturated heterocycles. The van der Waals surface area contributed by atoms with Gasteiger partial charge in [0.05, 0.1) is 59.7 Å². The maximum absolute atomic E-state index is 13.3. The summed E-state index contributed by atoms with van der Waals surface area (Å²) in [4.78, 5) is 20.0. The van der Waals surface area contributed by atoms with Crippen molar-refractivity contribution in [2.75, 3.05) is 5.73 Å². The molecular formula is C39H37B2N3O11S2. The highest BCUT2D eigenvalue weighted by molar-refractivity contribution is 7.91. The van der Waals surface area contributed by atoms with Crippen molar-refractivity contribution in [3.8, 4) is 0 Å². The van der Waals surface area contributed by atoms with Gasteiger partial charge in [-0.15, -0.1) is 0 Å². The number of aromatic nitrogens is 2. The van der Waals surface area contributed by atoms with Gasteiger partial charge in [-0.3, -0.25) is 4.79 Å². The zero-order valence-corrected chi connectivity index (χ0v) is 32.3. The van der Waals surface area contributed by atoms with Crippen LogP contribution < -0.4 is 16.7 Å². The molecule has 6 aromatic rings. The van der Waals surface area contributed by atoms with E-state index < -0.39 is 33.9 Å². The lowest BCUT2D eigenvalue weighted by Crippen LogP contribution is -2.28. The standard InChI is InChI=1S/C21H20BNO6S.C18H17BN2O5S/c1-14(24)8-15-3-5-20(18(9-15)11-21-23-6-7-28-21)30(26,27)13-16-2-4-17-12-29-22(25)19(17)10-16;20-15-3-4-17(14(8-15)9-18-21-5-6-25-18)27(23,24)11-12-1-2-13-10-26-19(22)16(13)7-12/h2-7,9-10,25H,8,11-13H2,1H3;1-8,22H,9-11,20H2. The third kappa shape index (κ3) is 9.44. The van der Waals surface area contributed by atoms with Gasteiger partial charge in [0, 0.05) is 12.1 Å². The smallest absolute Gasteiger partial charge is 0.449 e. The largest absolute Gasteiger partial charge is 0.491 e. The Labute approximate surface area is 329 Å². The fourth-order valence-corrected chi connectivity index (χ4v) is 9.98. The number of carbonyl (C=O) groups excluding carboxylic acids is 1. The van der Waals surface area contributed by atoms with E-state index in [0.717, 1.165) is 16.7 Å². The predicted molar refractivity (Wildman–Crippen MR) is 210 cm³/mol. The van der Waals surface area contributed by atoms with E-state index in [0.29, 0.717) is 63.9 Å². The minimum absolute atomic E-state index is 0.00778. The molecule has 0 spiro atoms. The molecule has 8 rings (SSSR count). The number of ketones is 1. The van der Waals surface area contributed by atoms with Gasteiger partial charge in [-0.05, 0) is 81.1 Å². The second-order valence-corrected chi connectivity index (χ2v) is 17.7. The number of Topliss-reactive ketones (excluding diaryl/α,β-unsaturated/α-hetero) is 1. The van der Waals surface area contributed by atoms with Crippen LogP contribution in [0.2, 0.25) is 0 Å². The van der Waals surface area contributed by atoms with Gasteiger partial charge in [-0.1, -0.05) is 48.5 Å². The van der Waals surface area contributed by atoms with Crippen molar-refractivity contribution in [3.05, 3.63) is 148 Å². The van der Waals surface area contributed by atoms with E-state index in [4.69, 9.17) is 23.9 Å². The van der Waals surface area contributed by atoms with Crippen molar-refractivity contribution in [2.24, 2.45) is 0 Å². The van der Waals surface area contributed by atoms with Crippen molar-refractivity contribution in [1.82, 2.24) is 9.97 Å². The Hall–Kier alpha value is -5.36. The van der Waals surface area contributed by atoms with Gasteiger partial charge < -0.3 is 33.9 Å². The number of benzene rings is 4. The van der Waals surface area contributed by atoms with E-state index in [-0.39, 0.29) is 46.3 Å². The van der Waals surface area contributed by atoms with E-state index >= 15 is 0 Å². The minimum atomic E-state index is -3.70. The molecule has 14 nitrogen and oxygen atoms in total. The fraction of sp³-hybridized carbons (Fsp3) is 0.205. The van der Waals surface area contributed by atoms with Gasteiger partial charge in [-0.25, -0.2) is 26.8 Å². The Morgan fingerprint density at radius 1 is 0.684 bits per heavy atom. The highest BCUT2D eigenvalue weighted by Crippen LogP contribution is 2.27. The number of nitrogen functional groups attached to an aromatic ring is 1. The van der Waals surface area contributed by atoms with Crippen LogP contribution in [0.1, 0.15) is 57.6 Å². The maximum atomic E-state index is 13.3. The molecular weight excluding hydrogens is 772 g/mol. The summed E-state index contributed by atoms with van der Waals surface area (Å²) in [5.41, 5.74) is 12.2. The Morgan fingerprint density at radius 3 is 1.63 bits per heavy atom. The van der Waals surface area contributed by atoms with Gasteiger partial charge in [0.25, 0.3) is 0 Å². The summed E-state index contributed by atoms with van der Waals surface area (Å²) < 4.78 is 73.5. The van der Waals surface area contributed by atoms with Crippen molar-refractivity contribution in [2.45, 2.75) is 60.7 Å². The number of carbonyl (C=O) groups is 1. The van der Waals surface area contributed by atoms with Crippen LogP contribution in [0, 0.1) is 0 Å². The highest BCUT2D eigenvalue weighted by Gasteiger charge is 2.30. The van der Waals surface area contributed by atoms with Crippen LogP contribution in [0.25, 0.3) is 0 Å². The number of hydrogen-bond acceptors (Lipinski definition) is 14.